The highest BCUT2D eigenvalue weighted by molar-refractivity contribution is 6.31. The van der Waals surface area contributed by atoms with Crippen LogP contribution in [0.25, 0.3) is 11.5 Å². The largest absolute Gasteiger partial charge is 0.481 e. The molecule has 0 bridgehead atoms. The Morgan fingerprint density at radius 2 is 1.92 bits per heavy atom. The molecular formula is C19H18ClN3O3. The normalized spacial score (nSPS) is 11.8. The van der Waals surface area contributed by atoms with Gasteiger partial charge < -0.3 is 9.26 Å². The van der Waals surface area contributed by atoms with Gasteiger partial charge in [0.05, 0.1) is 0 Å². The van der Waals surface area contributed by atoms with Gasteiger partial charge in [0.15, 0.2) is 6.10 Å². The Labute approximate surface area is 156 Å². The number of nitrogens with one attached hydrogen (secondary N) is 1. The maximum Gasteiger partial charge on any atom is 0.270 e. The van der Waals surface area contributed by atoms with E-state index >= 15 is 0 Å². The van der Waals surface area contributed by atoms with Gasteiger partial charge in [-0.15, -0.1) is 0 Å². The Morgan fingerprint density at radius 3 is 2.62 bits per heavy atom. The fourth-order valence-corrected chi connectivity index (χ4v) is 2.37. The van der Waals surface area contributed by atoms with Gasteiger partial charge in [0.1, 0.15) is 5.75 Å². The highest BCUT2D eigenvalue weighted by Gasteiger charge is 2.18. The summed E-state index contributed by atoms with van der Waals surface area (Å²) in [5, 5.41) is 7.01. The number of carbonyl (C=O) groups excluding carboxylic acids is 1. The van der Waals surface area contributed by atoms with Crippen molar-refractivity contribution in [1.82, 2.24) is 10.1 Å². The maximum atomic E-state index is 12.3. The molecule has 1 N–H and O–H groups in total. The van der Waals surface area contributed by atoms with E-state index in [4.69, 9.17) is 20.9 Å². The summed E-state index contributed by atoms with van der Waals surface area (Å²) in [6, 6.07) is 12.9. The molecule has 1 heterocycles. The Hall–Kier alpha value is -2.86. The first-order chi connectivity index (χ1) is 12.4. The topological polar surface area (TPSA) is 77.2 Å². The van der Waals surface area contributed by atoms with Gasteiger partial charge in [-0.05, 0) is 61.8 Å². The monoisotopic (exact) mass is 371 g/mol. The second-order valence-electron chi connectivity index (χ2n) is 5.95. The number of benzene rings is 2. The van der Waals surface area contributed by atoms with Crippen molar-refractivity contribution in [1.29, 1.82) is 0 Å². The van der Waals surface area contributed by atoms with Gasteiger partial charge in [-0.2, -0.15) is 4.98 Å². The molecule has 0 saturated carbocycles. The molecule has 1 atom stereocenters. The lowest BCUT2D eigenvalue weighted by atomic mass is 10.1. The van der Waals surface area contributed by atoms with Gasteiger partial charge in [0.25, 0.3) is 17.7 Å². The van der Waals surface area contributed by atoms with Gasteiger partial charge >= 0.3 is 0 Å². The van der Waals surface area contributed by atoms with Gasteiger partial charge in [-0.1, -0.05) is 29.3 Å². The number of anilines is 1. The average molecular weight is 372 g/mol. The van der Waals surface area contributed by atoms with E-state index in [-0.39, 0.29) is 11.9 Å². The number of rotatable bonds is 5. The molecule has 0 fully saturated rings. The van der Waals surface area contributed by atoms with Crippen LogP contribution in [0, 0.1) is 13.8 Å². The smallest absolute Gasteiger partial charge is 0.270 e. The van der Waals surface area contributed by atoms with Crippen molar-refractivity contribution < 1.29 is 14.1 Å². The minimum atomic E-state index is -0.739. The van der Waals surface area contributed by atoms with Crippen molar-refractivity contribution in [3.8, 4) is 17.2 Å². The summed E-state index contributed by atoms with van der Waals surface area (Å²) in [7, 11) is 0. The van der Waals surface area contributed by atoms with Crippen LogP contribution in [0.1, 0.15) is 18.1 Å². The Morgan fingerprint density at radius 1 is 1.19 bits per heavy atom. The Bertz CT molecular complexity index is 922. The molecule has 2 aromatic carbocycles. The molecule has 0 radical (unpaired) electrons. The van der Waals surface area contributed by atoms with Crippen molar-refractivity contribution in [3.63, 3.8) is 0 Å². The van der Waals surface area contributed by atoms with Crippen LogP contribution < -0.4 is 10.1 Å². The first-order valence-electron chi connectivity index (χ1n) is 8.07. The fraction of sp³-hybridized carbons (Fsp3) is 0.211. The summed E-state index contributed by atoms with van der Waals surface area (Å²) in [5.41, 5.74) is 2.78. The lowest BCUT2D eigenvalue weighted by Crippen LogP contribution is -2.30. The van der Waals surface area contributed by atoms with Crippen molar-refractivity contribution in [2.45, 2.75) is 26.9 Å². The molecule has 3 aromatic rings. The van der Waals surface area contributed by atoms with Gasteiger partial charge in [0.2, 0.25) is 0 Å². The molecule has 7 heteroatoms. The van der Waals surface area contributed by atoms with Crippen LogP contribution in [0.4, 0.5) is 5.95 Å². The van der Waals surface area contributed by atoms with Crippen LogP contribution in [0.3, 0.4) is 0 Å². The molecule has 0 saturated heterocycles. The van der Waals surface area contributed by atoms with Crippen LogP contribution in [-0.2, 0) is 4.79 Å². The van der Waals surface area contributed by atoms with Crippen LogP contribution in [0.2, 0.25) is 5.02 Å². The molecule has 3 rings (SSSR count). The number of hydrogen-bond donors (Lipinski definition) is 1. The molecule has 0 aliphatic carbocycles. The zero-order valence-electron chi connectivity index (χ0n) is 14.6. The minimum Gasteiger partial charge on any atom is -0.481 e. The number of aromatic nitrogens is 2. The zero-order chi connectivity index (χ0) is 18.7. The van der Waals surface area contributed by atoms with Crippen LogP contribution in [0.5, 0.6) is 5.75 Å². The fourth-order valence-electron chi connectivity index (χ4n) is 2.25. The Balaban J connectivity index is 1.64. The van der Waals surface area contributed by atoms with Crippen LogP contribution in [-0.4, -0.2) is 22.2 Å². The standard InChI is InChI=1S/C19H18ClN3O3/c1-11-4-6-14(7-5-11)18-22-19(23-26-18)21-17(24)13(3)25-15-8-9-16(20)12(2)10-15/h4-10,13H,1-3H3,(H,21,23,24). The number of aryl methyl sites for hydroxylation is 2. The maximum absolute atomic E-state index is 12.3. The second-order valence-corrected chi connectivity index (χ2v) is 6.36. The highest BCUT2D eigenvalue weighted by Crippen LogP contribution is 2.22. The zero-order valence-corrected chi connectivity index (χ0v) is 15.4. The third-order valence-corrected chi connectivity index (χ3v) is 4.20. The van der Waals surface area contributed by atoms with E-state index in [1.165, 1.54) is 0 Å². The van der Waals surface area contributed by atoms with Crippen LogP contribution in [0.15, 0.2) is 47.0 Å². The van der Waals surface area contributed by atoms with E-state index in [1.54, 1.807) is 25.1 Å². The molecule has 0 aliphatic rings. The SMILES string of the molecule is Cc1ccc(-c2nc(NC(=O)C(C)Oc3ccc(Cl)c(C)c3)no2)cc1. The lowest BCUT2D eigenvalue weighted by Gasteiger charge is -2.14. The predicted octanol–water partition coefficient (Wildman–Crippen LogP) is 4.41. The second kappa shape index (κ2) is 7.58. The highest BCUT2D eigenvalue weighted by atomic mass is 35.5. The molecule has 0 aliphatic heterocycles. The molecular weight excluding hydrogens is 354 g/mol. The minimum absolute atomic E-state index is 0.0910. The van der Waals surface area contributed by atoms with E-state index in [2.05, 4.69) is 15.5 Å². The van der Waals surface area contributed by atoms with E-state index in [1.807, 2.05) is 38.1 Å². The van der Waals surface area contributed by atoms with Crippen molar-refractivity contribution in [2.75, 3.05) is 5.32 Å². The lowest BCUT2D eigenvalue weighted by molar-refractivity contribution is -0.122. The third-order valence-electron chi connectivity index (χ3n) is 3.77. The Kier molecular flexibility index (Phi) is 5.23. The van der Waals surface area contributed by atoms with E-state index in [9.17, 15) is 4.79 Å². The number of hydrogen-bond acceptors (Lipinski definition) is 5. The number of amides is 1. The van der Waals surface area contributed by atoms with Gasteiger partial charge in [-0.25, -0.2) is 0 Å². The van der Waals surface area contributed by atoms with Gasteiger partial charge in [-0.3, -0.25) is 10.1 Å². The summed E-state index contributed by atoms with van der Waals surface area (Å²) in [4.78, 5) is 16.5. The van der Waals surface area contributed by atoms with Crippen LogP contribution >= 0.6 is 11.6 Å². The predicted molar refractivity (Wildman–Crippen MR) is 99.4 cm³/mol. The van der Waals surface area contributed by atoms with Crippen molar-refractivity contribution in [2.24, 2.45) is 0 Å². The van der Waals surface area contributed by atoms with Gasteiger partial charge in [0, 0.05) is 10.6 Å². The summed E-state index contributed by atoms with van der Waals surface area (Å²) in [5.74, 6) is 0.604. The quantitative estimate of drug-likeness (QED) is 0.718. The summed E-state index contributed by atoms with van der Waals surface area (Å²) >= 11 is 5.99. The van der Waals surface area contributed by atoms with E-state index in [0.29, 0.717) is 16.7 Å². The van der Waals surface area contributed by atoms with Crippen molar-refractivity contribution in [3.05, 3.63) is 58.6 Å². The number of carbonyl (C=O) groups is 1. The molecule has 1 amide bonds. The summed E-state index contributed by atoms with van der Waals surface area (Å²) in [6.07, 6.45) is -0.739. The van der Waals surface area contributed by atoms with E-state index in [0.717, 1.165) is 16.7 Å². The third kappa shape index (κ3) is 4.21. The number of halogens is 1. The molecule has 6 nitrogen and oxygen atoms in total. The molecule has 26 heavy (non-hydrogen) atoms. The average Bonchev–Trinajstić information content (AvgIpc) is 3.07. The summed E-state index contributed by atoms with van der Waals surface area (Å²) in [6.45, 7) is 5.50. The first-order valence-corrected chi connectivity index (χ1v) is 8.44. The molecule has 0 spiro atoms. The first kappa shape index (κ1) is 17.9. The van der Waals surface area contributed by atoms with E-state index < -0.39 is 6.10 Å². The molecule has 1 unspecified atom stereocenters. The molecule has 1 aromatic heterocycles. The molecule has 134 valence electrons. The number of ether oxygens (including phenoxy) is 1. The summed E-state index contributed by atoms with van der Waals surface area (Å²) < 4.78 is 10.8. The van der Waals surface area contributed by atoms with Crippen molar-refractivity contribution >= 4 is 23.5 Å². The number of nitrogens with zero attached hydrogens (tertiary/aromatic N) is 2.